The second-order valence-electron chi connectivity index (χ2n) is 8.56. The summed E-state index contributed by atoms with van der Waals surface area (Å²) in [6, 6.07) is 11.7. The predicted molar refractivity (Wildman–Crippen MR) is 135 cm³/mol. The Kier molecular flexibility index (Phi) is 4.91. The van der Waals surface area contributed by atoms with Crippen molar-refractivity contribution in [2.24, 2.45) is 7.05 Å². The molecule has 0 saturated carbocycles. The Morgan fingerprint density at radius 1 is 0.943 bits per heavy atom. The molecule has 35 heavy (non-hydrogen) atoms. The lowest BCUT2D eigenvalue weighted by molar-refractivity contribution is 0.363. The van der Waals surface area contributed by atoms with Gasteiger partial charge in [0.05, 0.1) is 48.9 Å². The topological polar surface area (TPSA) is 87.3 Å². The SMILES string of the molecule is COc1ccc(-n2c(=O)n(C)c3cnc4ccc(-c5cncc(N6CCC6)c5)cc4c32)c(OC)n1. The van der Waals surface area contributed by atoms with E-state index < -0.39 is 0 Å². The molecule has 1 fully saturated rings. The molecule has 4 aromatic heterocycles. The number of hydrogen-bond donors (Lipinski definition) is 0. The van der Waals surface area contributed by atoms with Gasteiger partial charge in [-0.3, -0.25) is 19.1 Å². The van der Waals surface area contributed by atoms with Crippen LogP contribution in [-0.4, -0.2) is 51.4 Å². The molecule has 5 aromatic rings. The van der Waals surface area contributed by atoms with Gasteiger partial charge in [-0.2, -0.15) is 4.98 Å². The molecule has 9 nitrogen and oxygen atoms in total. The molecule has 9 heteroatoms. The average Bonchev–Trinajstić information content (AvgIpc) is 3.12. The van der Waals surface area contributed by atoms with Gasteiger partial charge >= 0.3 is 5.69 Å². The zero-order chi connectivity index (χ0) is 24.1. The van der Waals surface area contributed by atoms with Gasteiger partial charge in [-0.05, 0) is 36.2 Å². The molecule has 5 heterocycles. The van der Waals surface area contributed by atoms with E-state index in [-0.39, 0.29) is 5.69 Å². The van der Waals surface area contributed by atoms with Gasteiger partial charge in [0.2, 0.25) is 11.8 Å². The predicted octanol–water partition coefficient (Wildman–Crippen LogP) is 3.56. The lowest BCUT2D eigenvalue weighted by Gasteiger charge is -2.33. The Hall–Kier alpha value is -4.40. The molecule has 1 saturated heterocycles. The van der Waals surface area contributed by atoms with Gasteiger partial charge < -0.3 is 14.4 Å². The van der Waals surface area contributed by atoms with E-state index in [0.29, 0.717) is 23.0 Å². The maximum Gasteiger partial charge on any atom is 0.333 e. The van der Waals surface area contributed by atoms with E-state index in [9.17, 15) is 4.79 Å². The second-order valence-corrected chi connectivity index (χ2v) is 8.56. The zero-order valence-corrected chi connectivity index (χ0v) is 19.7. The molecule has 0 unspecified atom stereocenters. The zero-order valence-electron chi connectivity index (χ0n) is 19.7. The number of aromatic nitrogens is 5. The molecule has 0 atom stereocenters. The van der Waals surface area contributed by atoms with E-state index in [2.05, 4.69) is 32.0 Å². The number of fused-ring (bicyclic) bond motifs is 3. The Morgan fingerprint density at radius 3 is 2.54 bits per heavy atom. The maximum absolute atomic E-state index is 13.4. The highest BCUT2D eigenvalue weighted by Crippen LogP contribution is 2.33. The number of hydrogen-bond acceptors (Lipinski definition) is 7. The van der Waals surface area contributed by atoms with Crippen LogP contribution in [0, 0.1) is 0 Å². The molecule has 0 radical (unpaired) electrons. The van der Waals surface area contributed by atoms with Crippen LogP contribution in [0.5, 0.6) is 11.8 Å². The molecule has 6 rings (SSSR count). The number of aryl methyl sites for hydroxylation is 1. The third-order valence-electron chi connectivity index (χ3n) is 6.62. The van der Waals surface area contributed by atoms with Crippen molar-refractivity contribution in [3.63, 3.8) is 0 Å². The van der Waals surface area contributed by atoms with Crippen molar-refractivity contribution >= 4 is 27.6 Å². The van der Waals surface area contributed by atoms with E-state index in [4.69, 9.17) is 9.47 Å². The van der Waals surface area contributed by atoms with Crippen LogP contribution < -0.4 is 20.1 Å². The van der Waals surface area contributed by atoms with E-state index in [0.717, 1.165) is 46.3 Å². The Morgan fingerprint density at radius 2 is 1.80 bits per heavy atom. The summed E-state index contributed by atoms with van der Waals surface area (Å²) in [6.45, 7) is 2.11. The van der Waals surface area contributed by atoms with Crippen LogP contribution >= 0.6 is 0 Å². The summed E-state index contributed by atoms with van der Waals surface area (Å²) in [6.07, 6.45) is 6.71. The number of imidazole rings is 1. The summed E-state index contributed by atoms with van der Waals surface area (Å²) in [5.74, 6) is 0.703. The first-order valence-electron chi connectivity index (χ1n) is 11.4. The summed E-state index contributed by atoms with van der Waals surface area (Å²) >= 11 is 0. The van der Waals surface area contributed by atoms with Crippen molar-refractivity contribution in [3.8, 4) is 28.6 Å². The van der Waals surface area contributed by atoms with Gasteiger partial charge in [-0.1, -0.05) is 6.07 Å². The standard InChI is InChI=1S/C26H24N6O3/c1-30-22-15-28-20-6-5-16(17-11-18(14-27-13-17)31-9-4-10-31)12-19(20)24(22)32(26(30)33)21-7-8-23(34-2)29-25(21)35-3/h5-8,11-15H,4,9-10H2,1-3H3. The number of ether oxygens (including phenoxy) is 2. The van der Waals surface area contributed by atoms with Crippen molar-refractivity contribution in [2.45, 2.75) is 6.42 Å². The molecular formula is C26H24N6O3. The Balaban J connectivity index is 1.61. The molecular weight excluding hydrogens is 444 g/mol. The first-order valence-corrected chi connectivity index (χ1v) is 11.4. The molecule has 0 aliphatic carbocycles. The molecule has 1 aliphatic rings. The van der Waals surface area contributed by atoms with Crippen LogP contribution in [0.3, 0.4) is 0 Å². The highest BCUT2D eigenvalue weighted by molar-refractivity contribution is 6.04. The minimum atomic E-state index is -0.216. The fraction of sp³-hybridized carbons (Fsp3) is 0.231. The number of pyridine rings is 3. The van der Waals surface area contributed by atoms with Crippen LogP contribution in [0.4, 0.5) is 5.69 Å². The van der Waals surface area contributed by atoms with Gasteiger partial charge in [-0.15, -0.1) is 0 Å². The lowest BCUT2D eigenvalue weighted by atomic mass is 10.0. The highest BCUT2D eigenvalue weighted by Gasteiger charge is 2.21. The molecule has 0 N–H and O–H groups in total. The van der Waals surface area contributed by atoms with E-state index in [1.807, 2.05) is 24.5 Å². The van der Waals surface area contributed by atoms with Crippen molar-refractivity contribution in [1.29, 1.82) is 0 Å². The molecule has 0 amide bonds. The fourth-order valence-corrected chi connectivity index (χ4v) is 4.58. The number of rotatable bonds is 5. The summed E-state index contributed by atoms with van der Waals surface area (Å²) in [4.78, 5) is 29.2. The molecule has 0 spiro atoms. The molecule has 1 aliphatic heterocycles. The van der Waals surface area contributed by atoms with Crippen LogP contribution in [0.15, 0.2) is 59.8 Å². The monoisotopic (exact) mass is 468 g/mol. The van der Waals surface area contributed by atoms with Gasteiger partial charge in [0.1, 0.15) is 5.69 Å². The highest BCUT2D eigenvalue weighted by atomic mass is 16.5. The average molecular weight is 469 g/mol. The normalized spacial score (nSPS) is 13.3. The van der Waals surface area contributed by atoms with E-state index in [1.54, 1.807) is 34.5 Å². The summed E-state index contributed by atoms with van der Waals surface area (Å²) in [5, 5.41) is 0.852. The van der Waals surface area contributed by atoms with Crippen molar-refractivity contribution in [3.05, 3.63) is 65.5 Å². The fourth-order valence-electron chi connectivity index (χ4n) is 4.58. The van der Waals surface area contributed by atoms with E-state index in [1.165, 1.54) is 20.6 Å². The minimum Gasteiger partial charge on any atom is -0.481 e. The Labute approximate surface area is 201 Å². The summed E-state index contributed by atoms with van der Waals surface area (Å²) < 4.78 is 14.0. The second kappa shape index (κ2) is 8.12. The first kappa shape index (κ1) is 21.2. The number of anilines is 1. The smallest absolute Gasteiger partial charge is 0.333 e. The third-order valence-corrected chi connectivity index (χ3v) is 6.62. The largest absolute Gasteiger partial charge is 0.481 e. The van der Waals surface area contributed by atoms with Crippen LogP contribution in [-0.2, 0) is 7.05 Å². The van der Waals surface area contributed by atoms with Crippen molar-refractivity contribution < 1.29 is 9.47 Å². The summed E-state index contributed by atoms with van der Waals surface area (Å²) in [5.41, 5.74) is 5.69. The lowest BCUT2D eigenvalue weighted by Crippen LogP contribution is -2.36. The maximum atomic E-state index is 13.4. The third kappa shape index (κ3) is 3.30. The van der Waals surface area contributed by atoms with Gasteiger partial charge in [0, 0.05) is 43.4 Å². The van der Waals surface area contributed by atoms with Crippen LogP contribution in [0.2, 0.25) is 0 Å². The van der Waals surface area contributed by atoms with Gasteiger partial charge in [0.15, 0.2) is 0 Å². The summed E-state index contributed by atoms with van der Waals surface area (Å²) in [7, 11) is 4.80. The van der Waals surface area contributed by atoms with Crippen molar-refractivity contribution in [1.82, 2.24) is 24.1 Å². The molecule has 0 bridgehead atoms. The molecule has 176 valence electrons. The van der Waals surface area contributed by atoms with Gasteiger partial charge in [0.25, 0.3) is 0 Å². The van der Waals surface area contributed by atoms with E-state index >= 15 is 0 Å². The van der Waals surface area contributed by atoms with Crippen molar-refractivity contribution in [2.75, 3.05) is 32.2 Å². The molecule has 1 aromatic carbocycles. The van der Waals surface area contributed by atoms with Gasteiger partial charge in [-0.25, -0.2) is 4.79 Å². The quantitative estimate of drug-likeness (QED) is 0.390. The van der Waals surface area contributed by atoms with Crippen LogP contribution in [0.25, 0.3) is 38.8 Å². The number of nitrogens with zero attached hydrogens (tertiary/aromatic N) is 6. The Bertz CT molecular complexity index is 1650. The minimum absolute atomic E-state index is 0.216. The number of benzene rings is 1. The first-order chi connectivity index (χ1) is 17.1. The van der Waals surface area contributed by atoms with Crippen LogP contribution in [0.1, 0.15) is 6.42 Å². The number of methoxy groups -OCH3 is 2.